The zero-order valence-corrected chi connectivity index (χ0v) is 10.8. The predicted octanol–water partition coefficient (Wildman–Crippen LogP) is -2.57. The molecule has 20 heavy (non-hydrogen) atoms. The number of hydrogen-bond donors (Lipinski definition) is 5. The first-order valence-electron chi connectivity index (χ1n) is 6.10. The zero-order chi connectivity index (χ0) is 14.9. The molecule has 9 nitrogen and oxygen atoms in total. The summed E-state index contributed by atoms with van der Waals surface area (Å²) < 4.78 is 5.24. The molecule has 5 N–H and O–H groups in total. The maximum absolute atomic E-state index is 11.9. The maximum atomic E-state index is 11.9. The Labute approximate surface area is 114 Å². The van der Waals surface area contributed by atoms with Gasteiger partial charge in [0, 0.05) is 13.1 Å². The number of rotatable bonds is 3. The summed E-state index contributed by atoms with van der Waals surface area (Å²) in [7, 11) is 0. The van der Waals surface area contributed by atoms with Crippen LogP contribution >= 0.6 is 0 Å². The van der Waals surface area contributed by atoms with E-state index < -0.39 is 43.3 Å². The molecular formula is C11H17N3O6. The monoisotopic (exact) mass is 287 g/mol. The molecule has 112 valence electrons. The van der Waals surface area contributed by atoms with Crippen LogP contribution in [0, 0.1) is 0 Å². The molecule has 0 spiro atoms. The summed E-state index contributed by atoms with van der Waals surface area (Å²) in [4.78, 5) is 23.9. The molecule has 0 bridgehead atoms. The van der Waals surface area contributed by atoms with Crippen molar-refractivity contribution in [2.24, 2.45) is 0 Å². The smallest absolute Gasteiger partial charge is 0.325 e. The molecule has 1 saturated heterocycles. The van der Waals surface area contributed by atoms with E-state index in [0.717, 1.165) is 4.90 Å². The van der Waals surface area contributed by atoms with Crippen LogP contribution in [0.4, 0.5) is 4.79 Å². The lowest BCUT2D eigenvalue weighted by molar-refractivity contribution is -0.119. The van der Waals surface area contributed by atoms with Gasteiger partial charge in [0.1, 0.15) is 24.5 Å². The molecule has 0 aromatic rings. The van der Waals surface area contributed by atoms with Crippen molar-refractivity contribution in [1.82, 2.24) is 15.5 Å². The molecule has 9 heteroatoms. The molecule has 1 fully saturated rings. The van der Waals surface area contributed by atoms with Crippen molar-refractivity contribution in [1.29, 1.82) is 0 Å². The fourth-order valence-electron chi connectivity index (χ4n) is 2.12. The number of ether oxygens (including phenoxy) is 1. The van der Waals surface area contributed by atoms with E-state index in [1.807, 2.05) is 0 Å². The van der Waals surface area contributed by atoms with Crippen LogP contribution in [0.1, 0.15) is 6.92 Å². The Morgan fingerprint density at radius 1 is 1.50 bits per heavy atom. The van der Waals surface area contributed by atoms with Crippen LogP contribution in [0.3, 0.4) is 0 Å². The number of urea groups is 1. The molecule has 0 radical (unpaired) electrons. The average Bonchev–Trinajstić information content (AvgIpc) is 2.66. The Morgan fingerprint density at radius 2 is 2.20 bits per heavy atom. The summed E-state index contributed by atoms with van der Waals surface area (Å²) in [6, 6.07) is -0.596. The van der Waals surface area contributed by atoms with Gasteiger partial charge in [0.05, 0.1) is 6.61 Å². The van der Waals surface area contributed by atoms with Crippen LogP contribution < -0.4 is 10.6 Å². The second-order valence-electron chi connectivity index (χ2n) is 4.61. The molecule has 0 aliphatic carbocycles. The summed E-state index contributed by atoms with van der Waals surface area (Å²) >= 11 is 0. The van der Waals surface area contributed by atoms with Crippen LogP contribution in [-0.4, -0.2) is 69.5 Å². The SMILES string of the molecule is CC(=O)NC1C=CN([C@@H]2O[C@H](CO)[C@@H](O)[C@H]2O)C(=O)N1. The number of carbonyl (C=O) groups is 2. The first kappa shape index (κ1) is 14.7. The Morgan fingerprint density at radius 3 is 2.70 bits per heavy atom. The van der Waals surface area contributed by atoms with Gasteiger partial charge in [-0.1, -0.05) is 0 Å². The topological polar surface area (TPSA) is 131 Å². The highest BCUT2D eigenvalue weighted by atomic mass is 16.6. The third-order valence-corrected chi connectivity index (χ3v) is 3.10. The van der Waals surface area contributed by atoms with Gasteiger partial charge in [0.2, 0.25) is 5.91 Å². The van der Waals surface area contributed by atoms with E-state index in [1.54, 1.807) is 0 Å². The highest BCUT2D eigenvalue weighted by Gasteiger charge is 2.46. The molecule has 5 atom stereocenters. The van der Waals surface area contributed by atoms with Crippen molar-refractivity contribution < 1.29 is 29.6 Å². The van der Waals surface area contributed by atoms with E-state index in [1.165, 1.54) is 19.2 Å². The van der Waals surface area contributed by atoms with Crippen LogP contribution in [0.25, 0.3) is 0 Å². The number of aliphatic hydroxyl groups is 3. The van der Waals surface area contributed by atoms with Gasteiger partial charge < -0.3 is 30.7 Å². The molecule has 0 aromatic carbocycles. The van der Waals surface area contributed by atoms with E-state index in [4.69, 9.17) is 9.84 Å². The first-order chi connectivity index (χ1) is 9.43. The van der Waals surface area contributed by atoms with Gasteiger partial charge in [-0.05, 0) is 6.08 Å². The van der Waals surface area contributed by atoms with Crippen molar-refractivity contribution >= 4 is 11.9 Å². The van der Waals surface area contributed by atoms with Crippen molar-refractivity contribution in [3.8, 4) is 0 Å². The minimum atomic E-state index is -1.33. The van der Waals surface area contributed by atoms with Crippen LogP contribution in [-0.2, 0) is 9.53 Å². The van der Waals surface area contributed by atoms with E-state index in [0.29, 0.717) is 0 Å². The van der Waals surface area contributed by atoms with Crippen LogP contribution in [0.5, 0.6) is 0 Å². The average molecular weight is 287 g/mol. The van der Waals surface area contributed by atoms with Crippen LogP contribution in [0.15, 0.2) is 12.3 Å². The second kappa shape index (κ2) is 5.75. The van der Waals surface area contributed by atoms with E-state index >= 15 is 0 Å². The molecule has 0 aromatic heterocycles. The highest BCUT2D eigenvalue weighted by molar-refractivity contribution is 5.79. The van der Waals surface area contributed by atoms with Gasteiger partial charge in [-0.15, -0.1) is 0 Å². The molecule has 2 rings (SSSR count). The van der Waals surface area contributed by atoms with Gasteiger partial charge in [-0.25, -0.2) is 4.79 Å². The molecule has 2 aliphatic heterocycles. The fourth-order valence-corrected chi connectivity index (χ4v) is 2.12. The van der Waals surface area contributed by atoms with Crippen molar-refractivity contribution in [2.45, 2.75) is 37.6 Å². The lowest BCUT2D eigenvalue weighted by Gasteiger charge is -2.32. The first-order valence-corrected chi connectivity index (χ1v) is 6.10. The van der Waals surface area contributed by atoms with Gasteiger partial charge in [0.15, 0.2) is 6.23 Å². The van der Waals surface area contributed by atoms with E-state index in [2.05, 4.69) is 10.6 Å². The molecule has 1 unspecified atom stereocenters. The summed E-state index contributed by atoms with van der Waals surface area (Å²) in [6.45, 7) is 0.848. The summed E-state index contributed by atoms with van der Waals surface area (Å²) in [5.41, 5.74) is 0. The number of nitrogens with zero attached hydrogens (tertiary/aromatic N) is 1. The van der Waals surface area contributed by atoms with E-state index in [9.17, 15) is 19.8 Å². The minimum Gasteiger partial charge on any atom is -0.394 e. The Hall–Kier alpha value is -1.68. The Kier molecular flexibility index (Phi) is 4.23. The number of nitrogens with one attached hydrogen (secondary N) is 2. The number of carbonyl (C=O) groups excluding carboxylic acids is 2. The number of aliphatic hydroxyl groups excluding tert-OH is 3. The largest absolute Gasteiger partial charge is 0.394 e. The molecule has 0 saturated carbocycles. The third-order valence-electron chi connectivity index (χ3n) is 3.10. The summed E-state index contributed by atoms with van der Waals surface area (Å²) in [5, 5.41) is 33.4. The maximum Gasteiger partial charge on any atom is 0.325 e. The Bertz CT molecular complexity index is 428. The van der Waals surface area contributed by atoms with Crippen molar-refractivity contribution in [3.05, 3.63) is 12.3 Å². The van der Waals surface area contributed by atoms with Gasteiger partial charge in [-0.3, -0.25) is 9.69 Å². The normalized spacial score (nSPS) is 36.9. The van der Waals surface area contributed by atoms with Gasteiger partial charge in [-0.2, -0.15) is 0 Å². The summed E-state index contributed by atoms with van der Waals surface area (Å²) in [6.07, 6.45) is -2.47. The number of amides is 3. The lowest BCUT2D eigenvalue weighted by atomic mass is 10.1. The highest BCUT2D eigenvalue weighted by Crippen LogP contribution is 2.25. The Balaban J connectivity index is 2.07. The predicted molar refractivity (Wildman–Crippen MR) is 64.9 cm³/mol. The molecule has 3 amide bonds. The van der Waals surface area contributed by atoms with Gasteiger partial charge >= 0.3 is 6.03 Å². The number of hydrogen-bond acceptors (Lipinski definition) is 6. The zero-order valence-electron chi connectivity index (χ0n) is 10.8. The van der Waals surface area contributed by atoms with E-state index in [-0.39, 0.29) is 5.91 Å². The second-order valence-corrected chi connectivity index (χ2v) is 4.61. The van der Waals surface area contributed by atoms with Crippen molar-refractivity contribution in [3.63, 3.8) is 0 Å². The fraction of sp³-hybridized carbons (Fsp3) is 0.636. The van der Waals surface area contributed by atoms with Crippen LogP contribution in [0.2, 0.25) is 0 Å². The minimum absolute atomic E-state index is 0.304. The quantitative estimate of drug-likeness (QED) is 0.387. The third kappa shape index (κ3) is 2.75. The standard InChI is InChI=1S/C11H17N3O6/c1-5(16)12-7-2-3-14(11(19)13-7)10-9(18)8(17)6(4-15)20-10/h2-3,6-10,15,17-18H,4H2,1H3,(H,12,16)(H,13,19)/t6-,7?,8-,9-,10-/m1/s1. The van der Waals surface area contributed by atoms with Crippen molar-refractivity contribution in [2.75, 3.05) is 6.61 Å². The lowest BCUT2D eigenvalue weighted by Crippen LogP contribution is -2.57. The molecule has 2 heterocycles. The van der Waals surface area contributed by atoms with Gasteiger partial charge in [0.25, 0.3) is 0 Å². The molecule has 2 aliphatic rings. The summed E-state index contributed by atoms with van der Waals surface area (Å²) in [5.74, 6) is -0.304. The molecular weight excluding hydrogens is 270 g/mol.